The summed E-state index contributed by atoms with van der Waals surface area (Å²) in [4.78, 5) is 56.6. The Hall–Kier alpha value is -6.02. The SMILES string of the molecule is C=CCn1c(=O)c2cnc(N3CCN(C(=O)c4cc(Cc5n[nH]c(=O)c6ccccc56)ccc4F)CC3)nc2n1-c1cccc(C(C)(C)O)n1. The summed E-state index contributed by atoms with van der Waals surface area (Å²) < 4.78 is 18.1. The normalized spacial score (nSPS) is 13.7. The maximum absolute atomic E-state index is 15.1. The van der Waals surface area contributed by atoms with E-state index in [0.717, 1.165) is 0 Å². The Morgan fingerprint density at radius 3 is 2.50 bits per heavy atom. The first-order valence-corrected chi connectivity index (χ1v) is 16.1. The van der Waals surface area contributed by atoms with Crippen LogP contribution in [-0.2, 0) is 18.6 Å². The van der Waals surface area contributed by atoms with Crippen LogP contribution in [0.5, 0.6) is 0 Å². The van der Waals surface area contributed by atoms with Gasteiger partial charge in [0.25, 0.3) is 17.0 Å². The third-order valence-electron chi connectivity index (χ3n) is 8.80. The molecule has 13 nitrogen and oxygen atoms in total. The number of anilines is 1. The molecule has 0 bridgehead atoms. The summed E-state index contributed by atoms with van der Waals surface area (Å²) in [6.45, 7) is 8.56. The maximum atomic E-state index is 15.1. The number of piperazine rings is 1. The standard InChI is InChI=1S/C36H34FN9O4/c1-4-14-45-34(49)26-21-38-35(40-31(26)46(45)30-11-7-10-29(39-30)36(2,3)50)44-17-15-43(16-18-44)33(48)25-19-22(12-13-27(25)37)20-28-23-8-5-6-9-24(23)32(47)42-41-28/h4-13,19,21,50H,1,14-18,20H2,2-3H3,(H,42,47). The summed E-state index contributed by atoms with van der Waals surface area (Å²) in [7, 11) is 0. The second kappa shape index (κ2) is 12.8. The van der Waals surface area contributed by atoms with Gasteiger partial charge in [-0.05, 0) is 49.7 Å². The van der Waals surface area contributed by atoms with Crippen LogP contribution in [0.1, 0.15) is 41.2 Å². The monoisotopic (exact) mass is 675 g/mol. The van der Waals surface area contributed by atoms with Gasteiger partial charge in [-0.3, -0.25) is 14.4 Å². The lowest BCUT2D eigenvalue weighted by molar-refractivity contribution is 0.0733. The first kappa shape index (κ1) is 32.5. The molecule has 0 atom stereocenters. The van der Waals surface area contributed by atoms with Crippen LogP contribution in [0.4, 0.5) is 10.3 Å². The summed E-state index contributed by atoms with van der Waals surface area (Å²) in [5.74, 6) is -0.305. The minimum Gasteiger partial charge on any atom is -0.384 e. The number of allylic oxidation sites excluding steroid dienone is 1. The molecule has 0 aliphatic carbocycles. The topological polar surface area (TPSA) is 155 Å². The van der Waals surface area contributed by atoms with Crippen molar-refractivity contribution in [2.75, 3.05) is 31.1 Å². The highest BCUT2D eigenvalue weighted by molar-refractivity contribution is 5.95. The Labute approximate surface area is 284 Å². The lowest BCUT2D eigenvalue weighted by Crippen LogP contribution is -2.49. The number of pyridine rings is 1. The molecule has 254 valence electrons. The number of H-pyrrole nitrogens is 1. The van der Waals surface area contributed by atoms with Crippen molar-refractivity contribution in [3.8, 4) is 5.82 Å². The molecular weight excluding hydrogens is 641 g/mol. The fourth-order valence-electron chi connectivity index (χ4n) is 6.20. The van der Waals surface area contributed by atoms with E-state index in [1.165, 1.54) is 23.0 Å². The minimum atomic E-state index is -1.21. The Balaban J connectivity index is 1.13. The molecule has 0 spiro atoms. The number of halogens is 1. The summed E-state index contributed by atoms with van der Waals surface area (Å²) in [5, 5.41) is 18.8. The number of aromatic nitrogens is 7. The molecule has 4 aromatic heterocycles. The number of fused-ring (bicyclic) bond motifs is 2. The van der Waals surface area contributed by atoms with E-state index >= 15 is 4.39 Å². The van der Waals surface area contributed by atoms with Gasteiger partial charge in [-0.15, -0.1) is 6.58 Å². The summed E-state index contributed by atoms with van der Waals surface area (Å²) >= 11 is 0. The number of aromatic amines is 1. The average molecular weight is 676 g/mol. The Kier molecular flexibility index (Phi) is 8.31. The molecule has 1 aliphatic rings. The zero-order valence-corrected chi connectivity index (χ0v) is 27.5. The Morgan fingerprint density at radius 1 is 1.00 bits per heavy atom. The Bertz CT molecular complexity index is 2400. The third-order valence-corrected chi connectivity index (χ3v) is 8.80. The summed E-state index contributed by atoms with van der Waals surface area (Å²) in [6.07, 6.45) is 3.37. The van der Waals surface area contributed by atoms with Crippen LogP contribution in [-0.4, -0.2) is 76.6 Å². The first-order chi connectivity index (χ1) is 24.0. The predicted molar refractivity (Wildman–Crippen MR) is 186 cm³/mol. The van der Waals surface area contributed by atoms with E-state index in [4.69, 9.17) is 4.98 Å². The van der Waals surface area contributed by atoms with Crippen LogP contribution >= 0.6 is 0 Å². The van der Waals surface area contributed by atoms with Crippen LogP contribution in [0.15, 0.2) is 89.1 Å². The summed E-state index contributed by atoms with van der Waals surface area (Å²) in [6, 6.07) is 16.7. The third kappa shape index (κ3) is 5.94. The highest BCUT2D eigenvalue weighted by atomic mass is 19.1. The number of nitrogens with zero attached hydrogens (tertiary/aromatic N) is 8. The molecule has 1 amide bonds. The molecule has 5 heterocycles. The van der Waals surface area contributed by atoms with Crippen molar-refractivity contribution in [1.82, 2.24) is 39.4 Å². The van der Waals surface area contributed by atoms with Gasteiger partial charge in [0.2, 0.25) is 5.95 Å². The predicted octanol–water partition coefficient (Wildman–Crippen LogP) is 3.32. The number of nitrogens with one attached hydrogen (secondary N) is 1. The molecule has 1 aliphatic heterocycles. The lowest BCUT2D eigenvalue weighted by Gasteiger charge is -2.34. The number of aliphatic hydroxyl groups is 1. The van der Waals surface area contributed by atoms with Gasteiger partial charge in [0.1, 0.15) is 16.8 Å². The molecule has 1 fully saturated rings. The maximum Gasteiger partial charge on any atom is 0.278 e. The van der Waals surface area contributed by atoms with Crippen LogP contribution in [0, 0.1) is 5.82 Å². The number of hydrogen-bond donors (Lipinski definition) is 2. The number of hydrogen-bond acceptors (Lipinski definition) is 9. The summed E-state index contributed by atoms with van der Waals surface area (Å²) in [5.41, 5.74) is 0.190. The molecule has 1 saturated heterocycles. The van der Waals surface area contributed by atoms with Crippen LogP contribution < -0.4 is 16.0 Å². The molecule has 0 radical (unpaired) electrons. The number of amides is 1. The Morgan fingerprint density at radius 2 is 1.76 bits per heavy atom. The van der Waals surface area contributed by atoms with Crippen LogP contribution in [0.3, 0.4) is 0 Å². The van der Waals surface area contributed by atoms with Gasteiger partial charge in [0, 0.05) is 44.2 Å². The van der Waals surface area contributed by atoms with Gasteiger partial charge >= 0.3 is 0 Å². The van der Waals surface area contributed by atoms with Gasteiger partial charge in [0.15, 0.2) is 11.5 Å². The second-order valence-electron chi connectivity index (χ2n) is 12.7. The molecule has 7 rings (SSSR count). The molecule has 2 aromatic carbocycles. The zero-order chi connectivity index (χ0) is 35.2. The molecule has 2 N–H and O–H groups in total. The van der Waals surface area contributed by atoms with Crippen molar-refractivity contribution in [2.45, 2.75) is 32.4 Å². The van der Waals surface area contributed by atoms with Crippen molar-refractivity contribution >= 4 is 33.7 Å². The molecule has 14 heteroatoms. The highest BCUT2D eigenvalue weighted by Gasteiger charge is 2.27. The lowest BCUT2D eigenvalue weighted by atomic mass is 10.0. The average Bonchev–Trinajstić information content (AvgIpc) is 3.40. The van der Waals surface area contributed by atoms with E-state index in [-0.39, 0.29) is 36.3 Å². The number of carbonyl (C=O) groups excluding carboxylic acids is 1. The van der Waals surface area contributed by atoms with Gasteiger partial charge in [-0.1, -0.05) is 36.4 Å². The van der Waals surface area contributed by atoms with E-state index in [9.17, 15) is 19.5 Å². The van der Waals surface area contributed by atoms with Crippen molar-refractivity contribution < 1.29 is 14.3 Å². The minimum absolute atomic E-state index is 0.0456. The number of rotatable bonds is 8. The van der Waals surface area contributed by atoms with Crippen molar-refractivity contribution in [1.29, 1.82) is 0 Å². The quantitative estimate of drug-likeness (QED) is 0.231. The second-order valence-corrected chi connectivity index (χ2v) is 12.7. The van der Waals surface area contributed by atoms with E-state index in [2.05, 4.69) is 26.7 Å². The van der Waals surface area contributed by atoms with Gasteiger partial charge in [-0.25, -0.2) is 28.8 Å². The van der Waals surface area contributed by atoms with Crippen LogP contribution in [0.25, 0.3) is 27.6 Å². The van der Waals surface area contributed by atoms with Gasteiger partial charge in [0.05, 0.1) is 28.9 Å². The molecular formula is C36H34FN9O4. The molecule has 50 heavy (non-hydrogen) atoms. The fourth-order valence-corrected chi connectivity index (χ4v) is 6.20. The van der Waals surface area contributed by atoms with Gasteiger partial charge in [-0.2, -0.15) is 10.1 Å². The molecule has 0 unspecified atom stereocenters. The van der Waals surface area contributed by atoms with Crippen molar-refractivity contribution in [3.05, 3.63) is 129 Å². The van der Waals surface area contributed by atoms with E-state index in [0.29, 0.717) is 70.0 Å². The van der Waals surface area contributed by atoms with E-state index in [1.807, 2.05) is 17.0 Å². The zero-order valence-electron chi connectivity index (χ0n) is 27.5. The largest absolute Gasteiger partial charge is 0.384 e. The number of benzene rings is 2. The van der Waals surface area contributed by atoms with Crippen molar-refractivity contribution in [2.24, 2.45) is 0 Å². The van der Waals surface area contributed by atoms with E-state index in [1.54, 1.807) is 65.9 Å². The first-order valence-electron chi connectivity index (χ1n) is 16.1. The van der Waals surface area contributed by atoms with E-state index < -0.39 is 17.3 Å². The fraction of sp³-hybridized carbons (Fsp3) is 0.250. The molecule has 0 saturated carbocycles. The smallest absolute Gasteiger partial charge is 0.278 e. The molecule has 6 aromatic rings. The highest BCUT2D eigenvalue weighted by Crippen LogP contribution is 2.24. The van der Waals surface area contributed by atoms with Crippen LogP contribution in [0.2, 0.25) is 0 Å². The van der Waals surface area contributed by atoms with Crippen molar-refractivity contribution in [3.63, 3.8) is 0 Å². The number of carbonyl (C=O) groups is 1. The van der Waals surface area contributed by atoms with Gasteiger partial charge < -0.3 is 14.9 Å².